The molecule has 136 valence electrons. The molecule has 0 aromatic rings. The molecule has 1 heterocycles. The van der Waals surface area contributed by atoms with Gasteiger partial charge in [0.25, 0.3) is 0 Å². The van der Waals surface area contributed by atoms with Gasteiger partial charge in [-0.15, -0.1) is 0 Å². The number of ether oxygens (including phenoxy) is 4. The maximum atomic E-state index is 12.0. The first-order valence-corrected chi connectivity index (χ1v) is 7.58. The third-order valence-electron chi connectivity index (χ3n) is 2.85. The number of hydrogen-bond acceptors (Lipinski definition) is 8. The molecule has 0 unspecified atom stereocenters. The Kier molecular flexibility index (Phi) is 6.56. The highest BCUT2D eigenvalue weighted by Crippen LogP contribution is 2.12. The van der Waals surface area contributed by atoms with Crippen molar-refractivity contribution >= 4 is 24.0 Å². The number of hydrogen-bond donors (Lipinski definition) is 1. The number of alkyl carbamates (subject to hydrolysis) is 1. The highest BCUT2D eigenvalue weighted by Gasteiger charge is 2.34. The molecule has 3 atom stereocenters. The van der Waals surface area contributed by atoms with Crippen LogP contribution in [0.4, 0.5) is 4.79 Å². The van der Waals surface area contributed by atoms with Gasteiger partial charge in [-0.3, -0.25) is 0 Å². The van der Waals surface area contributed by atoms with Gasteiger partial charge in [0.2, 0.25) is 6.10 Å². The lowest BCUT2D eigenvalue weighted by molar-refractivity contribution is -0.170. The Balaban J connectivity index is 2.63. The third kappa shape index (κ3) is 6.43. The molecule has 0 radical (unpaired) electrons. The minimum absolute atomic E-state index is 0.0134. The standard InChI is InChI=1S/C15H23NO8/c1-8-11(17)21-9(2)12(18)23-10(13(19)22-8)6-7-16-14(20)24-15(3,4)5/h8-10H,6-7H2,1-5H3,(H,16,20)/t8-,9-,10-/m0/s1. The van der Waals surface area contributed by atoms with Crippen molar-refractivity contribution in [1.29, 1.82) is 0 Å². The molecule has 0 aromatic heterocycles. The van der Waals surface area contributed by atoms with Gasteiger partial charge in [-0.2, -0.15) is 0 Å². The van der Waals surface area contributed by atoms with Crippen molar-refractivity contribution in [1.82, 2.24) is 5.32 Å². The van der Waals surface area contributed by atoms with E-state index < -0.39 is 47.9 Å². The quantitative estimate of drug-likeness (QED) is 0.586. The summed E-state index contributed by atoms with van der Waals surface area (Å²) in [6.45, 7) is 7.81. The summed E-state index contributed by atoms with van der Waals surface area (Å²) in [6, 6.07) is 0. The summed E-state index contributed by atoms with van der Waals surface area (Å²) in [5, 5.41) is 2.45. The van der Waals surface area contributed by atoms with E-state index in [-0.39, 0.29) is 13.0 Å². The first-order valence-electron chi connectivity index (χ1n) is 7.58. The van der Waals surface area contributed by atoms with Gasteiger partial charge in [0, 0.05) is 13.0 Å². The van der Waals surface area contributed by atoms with Crippen molar-refractivity contribution in [3.05, 3.63) is 0 Å². The monoisotopic (exact) mass is 345 g/mol. The lowest BCUT2D eigenvalue weighted by atomic mass is 10.2. The van der Waals surface area contributed by atoms with E-state index in [4.69, 9.17) is 18.9 Å². The second kappa shape index (κ2) is 7.98. The lowest BCUT2D eigenvalue weighted by Gasteiger charge is -2.20. The van der Waals surface area contributed by atoms with Crippen LogP contribution in [0.1, 0.15) is 41.0 Å². The number of cyclic esters (lactones) is 3. The van der Waals surface area contributed by atoms with E-state index in [0.717, 1.165) is 0 Å². The molecule has 0 bridgehead atoms. The Hall–Kier alpha value is -2.32. The molecule has 1 aliphatic rings. The normalized spacial score (nSPS) is 25.4. The van der Waals surface area contributed by atoms with Crippen LogP contribution in [0.5, 0.6) is 0 Å². The van der Waals surface area contributed by atoms with E-state index in [2.05, 4.69) is 5.32 Å². The molecule has 0 saturated carbocycles. The number of amides is 1. The molecule has 1 saturated heterocycles. The third-order valence-corrected chi connectivity index (χ3v) is 2.85. The molecule has 1 N–H and O–H groups in total. The summed E-state index contributed by atoms with van der Waals surface area (Å²) in [6.07, 6.45) is -4.26. The Bertz CT molecular complexity index is 510. The van der Waals surface area contributed by atoms with Crippen LogP contribution >= 0.6 is 0 Å². The van der Waals surface area contributed by atoms with E-state index in [9.17, 15) is 19.2 Å². The van der Waals surface area contributed by atoms with Crippen molar-refractivity contribution in [3.8, 4) is 0 Å². The fraction of sp³-hybridized carbons (Fsp3) is 0.733. The van der Waals surface area contributed by atoms with E-state index in [1.54, 1.807) is 20.8 Å². The van der Waals surface area contributed by atoms with Crippen LogP contribution in [-0.2, 0) is 33.3 Å². The minimum atomic E-state index is -1.26. The smallest absolute Gasteiger partial charge is 0.407 e. The van der Waals surface area contributed by atoms with Crippen molar-refractivity contribution in [2.24, 2.45) is 0 Å². The first kappa shape index (κ1) is 19.7. The van der Waals surface area contributed by atoms with E-state index in [1.165, 1.54) is 13.8 Å². The molecule has 0 aromatic carbocycles. The fourth-order valence-corrected chi connectivity index (χ4v) is 1.70. The summed E-state index contributed by atoms with van der Waals surface area (Å²) < 4.78 is 19.7. The predicted molar refractivity (Wildman–Crippen MR) is 79.8 cm³/mol. The zero-order chi connectivity index (χ0) is 18.5. The van der Waals surface area contributed by atoms with Gasteiger partial charge in [0.05, 0.1) is 0 Å². The van der Waals surface area contributed by atoms with Gasteiger partial charge in [-0.25, -0.2) is 19.2 Å². The lowest BCUT2D eigenvalue weighted by Crippen LogP contribution is -2.38. The Labute approximate surface area is 139 Å². The second-order valence-corrected chi connectivity index (χ2v) is 6.30. The van der Waals surface area contributed by atoms with Gasteiger partial charge in [0.15, 0.2) is 12.2 Å². The van der Waals surface area contributed by atoms with Gasteiger partial charge in [-0.1, -0.05) is 0 Å². The summed E-state index contributed by atoms with van der Waals surface area (Å²) in [7, 11) is 0. The summed E-state index contributed by atoms with van der Waals surface area (Å²) in [5.41, 5.74) is -0.657. The SMILES string of the molecule is C[C@@H]1OC(=O)[C@H](C)OC(=O)[C@H](CCNC(=O)OC(C)(C)C)OC1=O. The van der Waals surface area contributed by atoms with Crippen molar-refractivity contribution in [2.45, 2.75) is 65.0 Å². The van der Waals surface area contributed by atoms with E-state index >= 15 is 0 Å². The van der Waals surface area contributed by atoms with Gasteiger partial charge >= 0.3 is 24.0 Å². The molecule has 24 heavy (non-hydrogen) atoms. The number of carbonyl (C=O) groups is 4. The molecule has 1 fully saturated rings. The van der Waals surface area contributed by atoms with Gasteiger partial charge in [0.1, 0.15) is 5.60 Å². The van der Waals surface area contributed by atoms with Crippen LogP contribution in [0.2, 0.25) is 0 Å². The average molecular weight is 345 g/mol. The van der Waals surface area contributed by atoms with Gasteiger partial charge in [-0.05, 0) is 34.6 Å². The molecule has 1 rings (SSSR count). The maximum Gasteiger partial charge on any atom is 0.407 e. The minimum Gasteiger partial charge on any atom is -0.448 e. The summed E-state index contributed by atoms with van der Waals surface area (Å²) in [4.78, 5) is 46.9. The van der Waals surface area contributed by atoms with Crippen LogP contribution in [0.3, 0.4) is 0 Å². The van der Waals surface area contributed by atoms with Crippen molar-refractivity contribution < 1.29 is 38.1 Å². The molecule has 9 nitrogen and oxygen atoms in total. The molecular weight excluding hydrogens is 322 g/mol. The number of nitrogens with one attached hydrogen (secondary N) is 1. The molecule has 0 aliphatic carbocycles. The van der Waals surface area contributed by atoms with Crippen LogP contribution < -0.4 is 5.32 Å². The zero-order valence-electron chi connectivity index (χ0n) is 14.4. The molecular formula is C15H23NO8. The number of esters is 3. The summed E-state index contributed by atoms with van der Waals surface area (Å²) in [5.74, 6) is -2.58. The number of carbonyl (C=O) groups excluding carboxylic acids is 4. The zero-order valence-corrected chi connectivity index (χ0v) is 14.4. The molecule has 1 aliphatic heterocycles. The molecule has 1 amide bonds. The summed E-state index contributed by atoms with van der Waals surface area (Å²) >= 11 is 0. The Morgan fingerprint density at radius 2 is 1.50 bits per heavy atom. The second-order valence-electron chi connectivity index (χ2n) is 6.30. The molecule has 9 heteroatoms. The Morgan fingerprint density at radius 3 is 2.04 bits per heavy atom. The molecule has 0 spiro atoms. The van der Waals surface area contributed by atoms with Crippen LogP contribution in [0, 0.1) is 0 Å². The van der Waals surface area contributed by atoms with Crippen molar-refractivity contribution in [2.75, 3.05) is 6.54 Å². The Morgan fingerprint density at radius 1 is 1.00 bits per heavy atom. The van der Waals surface area contributed by atoms with Gasteiger partial charge < -0.3 is 24.3 Å². The first-order chi connectivity index (χ1) is 11.0. The maximum absolute atomic E-state index is 12.0. The highest BCUT2D eigenvalue weighted by molar-refractivity contribution is 5.87. The fourth-order valence-electron chi connectivity index (χ4n) is 1.70. The van der Waals surface area contributed by atoms with Crippen LogP contribution in [0.15, 0.2) is 0 Å². The average Bonchev–Trinajstić information content (AvgIpc) is 2.45. The van der Waals surface area contributed by atoms with E-state index in [1.807, 2.05) is 0 Å². The topological polar surface area (TPSA) is 117 Å². The highest BCUT2D eigenvalue weighted by atomic mass is 16.6. The van der Waals surface area contributed by atoms with Crippen molar-refractivity contribution in [3.63, 3.8) is 0 Å². The number of rotatable bonds is 3. The predicted octanol–water partition coefficient (Wildman–Crippen LogP) is 0.690. The van der Waals surface area contributed by atoms with Crippen LogP contribution in [-0.4, -0.2) is 54.5 Å². The largest absolute Gasteiger partial charge is 0.448 e. The van der Waals surface area contributed by atoms with Crippen LogP contribution in [0.25, 0.3) is 0 Å². The van der Waals surface area contributed by atoms with E-state index in [0.29, 0.717) is 0 Å².